The van der Waals surface area contributed by atoms with Gasteiger partial charge >= 0.3 is 6.61 Å². The lowest BCUT2D eigenvalue weighted by Gasteiger charge is -2.14. The van der Waals surface area contributed by atoms with Crippen LogP contribution < -0.4 is 10.1 Å². The van der Waals surface area contributed by atoms with Gasteiger partial charge in [0.2, 0.25) is 0 Å². The van der Waals surface area contributed by atoms with Crippen LogP contribution in [0.5, 0.6) is 5.75 Å². The van der Waals surface area contributed by atoms with Gasteiger partial charge in [0, 0.05) is 17.8 Å². The van der Waals surface area contributed by atoms with E-state index in [1.165, 1.54) is 0 Å². The SMILES string of the molecule is FC(F)Oc1ccc(-c2ccccc2)cc1CNc1ccccc1. The van der Waals surface area contributed by atoms with Crippen LogP contribution in [0.4, 0.5) is 14.5 Å². The number of ether oxygens (including phenoxy) is 1. The third-order valence-corrected chi connectivity index (χ3v) is 3.64. The molecule has 3 aromatic carbocycles. The van der Waals surface area contributed by atoms with Crippen molar-refractivity contribution in [2.24, 2.45) is 0 Å². The molecule has 2 nitrogen and oxygen atoms in total. The summed E-state index contributed by atoms with van der Waals surface area (Å²) >= 11 is 0. The van der Waals surface area contributed by atoms with Gasteiger partial charge in [0.1, 0.15) is 5.75 Å². The van der Waals surface area contributed by atoms with E-state index in [4.69, 9.17) is 0 Å². The molecule has 0 aromatic heterocycles. The Morgan fingerprint density at radius 1 is 0.792 bits per heavy atom. The Balaban J connectivity index is 1.87. The van der Waals surface area contributed by atoms with Crippen molar-refractivity contribution in [3.63, 3.8) is 0 Å². The van der Waals surface area contributed by atoms with Gasteiger partial charge in [-0.2, -0.15) is 8.78 Å². The summed E-state index contributed by atoms with van der Waals surface area (Å²) in [5.41, 5.74) is 3.59. The normalized spacial score (nSPS) is 10.6. The molecule has 0 heterocycles. The quantitative estimate of drug-likeness (QED) is 0.640. The summed E-state index contributed by atoms with van der Waals surface area (Å²) in [7, 11) is 0. The summed E-state index contributed by atoms with van der Waals surface area (Å²) in [5, 5.41) is 3.23. The average Bonchev–Trinajstić information content (AvgIpc) is 2.62. The number of rotatable bonds is 6. The van der Waals surface area contributed by atoms with Gasteiger partial charge in [-0.1, -0.05) is 54.6 Å². The maximum absolute atomic E-state index is 12.6. The van der Waals surface area contributed by atoms with Gasteiger partial charge in [0.25, 0.3) is 0 Å². The molecule has 0 aliphatic carbocycles. The van der Waals surface area contributed by atoms with Gasteiger partial charge in [-0.15, -0.1) is 0 Å². The molecule has 3 aromatic rings. The molecule has 0 radical (unpaired) electrons. The first-order chi connectivity index (χ1) is 11.7. The van der Waals surface area contributed by atoms with Crippen LogP contribution in [0.25, 0.3) is 11.1 Å². The zero-order valence-electron chi connectivity index (χ0n) is 13.0. The Hall–Kier alpha value is -2.88. The molecule has 0 saturated heterocycles. The molecule has 0 saturated carbocycles. The van der Waals surface area contributed by atoms with E-state index in [0.29, 0.717) is 12.1 Å². The van der Waals surface area contributed by atoms with Gasteiger partial charge in [-0.05, 0) is 35.4 Å². The Morgan fingerprint density at radius 2 is 1.46 bits per heavy atom. The van der Waals surface area contributed by atoms with Gasteiger partial charge in [0.05, 0.1) is 0 Å². The van der Waals surface area contributed by atoms with Crippen LogP contribution in [-0.4, -0.2) is 6.61 Å². The second kappa shape index (κ2) is 7.59. The Labute approximate surface area is 139 Å². The van der Waals surface area contributed by atoms with E-state index >= 15 is 0 Å². The topological polar surface area (TPSA) is 21.3 Å². The predicted octanol–water partition coefficient (Wildman–Crippen LogP) is 5.57. The van der Waals surface area contributed by atoms with Crippen molar-refractivity contribution in [3.05, 3.63) is 84.4 Å². The number of hydrogen-bond donors (Lipinski definition) is 1. The van der Waals surface area contributed by atoms with Crippen molar-refractivity contribution in [2.45, 2.75) is 13.2 Å². The van der Waals surface area contributed by atoms with Crippen molar-refractivity contribution >= 4 is 5.69 Å². The summed E-state index contributed by atoms with van der Waals surface area (Å²) in [5.74, 6) is 0.188. The second-order valence-electron chi connectivity index (χ2n) is 5.29. The van der Waals surface area contributed by atoms with Gasteiger partial charge in [0.15, 0.2) is 0 Å². The van der Waals surface area contributed by atoms with Crippen molar-refractivity contribution in [1.29, 1.82) is 0 Å². The first-order valence-electron chi connectivity index (χ1n) is 7.64. The lowest BCUT2D eigenvalue weighted by molar-refractivity contribution is -0.0503. The third kappa shape index (κ3) is 4.10. The molecule has 122 valence electrons. The first kappa shape index (κ1) is 16.0. The molecule has 4 heteroatoms. The second-order valence-corrected chi connectivity index (χ2v) is 5.29. The van der Waals surface area contributed by atoms with E-state index in [1.807, 2.05) is 66.7 Å². The number of hydrogen-bond acceptors (Lipinski definition) is 2. The number of nitrogens with one attached hydrogen (secondary N) is 1. The monoisotopic (exact) mass is 325 g/mol. The van der Waals surface area contributed by atoms with Crippen LogP contribution in [0.1, 0.15) is 5.56 Å². The maximum Gasteiger partial charge on any atom is 0.387 e. The van der Waals surface area contributed by atoms with Crippen LogP contribution in [0, 0.1) is 0 Å². The van der Waals surface area contributed by atoms with Crippen LogP contribution in [0.15, 0.2) is 78.9 Å². The highest BCUT2D eigenvalue weighted by atomic mass is 19.3. The molecule has 0 aliphatic rings. The first-order valence-corrected chi connectivity index (χ1v) is 7.64. The lowest BCUT2D eigenvalue weighted by Crippen LogP contribution is -2.07. The van der Waals surface area contributed by atoms with E-state index in [0.717, 1.165) is 16.8 Å². The van der Waals surface area contributed by atoms with Gasteiger partial charge in [-0.25, -0.2) is 0 Å². The minimum absolute atomic E-state index is 0.188. The molecule has 0 amide bonds. The molecule has 24 heavy (non-hydrogen) atoms. The van der Waals surface area contributed by atoms with Crippen LogP contribution in [0.3, 0.4) is 0 Å². The molecule has 0 fully saturated rings. The molecule has 3 rings (SSSR count). The fourth-order valence-corrected chi connectivity index (χ4v) is 2.49. The van der Waals surface area contributed by atoms with Crippen LogP contribution in [0.2, 0.25) is 0 Å². The minimum Gasteiger partial charge on any atom is -0.434 e. The average molecular weight is 325 g/mol. The number of para-hydroxylation sites is 1. The molecule has 0 atom stereocenters. The van der Waals surface area contributed by atoms with Gasteiger partial charge < -0.3 is 10.1 Å². The molecule has 1 N–H and O–H groups in total. The fraction of sp³-hybridized carbons (Fsp3) is 0.100. The van der Waals surface area contributed by atoms with Crippen molar-refractivity contribution < 1.29 is 13.5 Å². The highest BCUT2D eigenvalue weighted by Crippen LogP contribution is 2.28. The van der Waals surface area contributed by atoms with E-state index in [2.05, 4.69) is 10.1 Å². The predicted molar refractivity (Wildman–Crippen MR) is 92.3 cm³/mol. The van der Waals surface area contributed by atoms with Crippen LogP contribution in [-0.2, 0) is 6.54 Å². The van der Waals surface area contributed by atoms with E-state index in [1.54, 1.807) is 12.1 Å². The molecule has 0 bridgehead atoms. The molecule has 0 aliphatic heterocycles. The van der Waals surface area contributed by atoms with Crippen molar-refractivity contribution in [3.8, 4) is 16.9 Å². The molecule has 0 spiro atoms. The summed E-state index contributed by atoms with van der Waals surface area (Å²) in [6.45, 7) is -2.45. The number of alkyl halides is 2. The largest absolute Gasteiger partial charge is 0.434 e. The summed E-state index contributed by atoms with van der Waals surface area (Å²) in [6, 6.07) is 24.7. The Morgan fingerprint density at radius 3 is 2.12 bits per heavy atom. The fourth-order valence-electron chi connectivity index (χ4n) is 2.49. The Bertz CT molecular complexity index is 776. The smallest absolute Gasteiger partial charge is 0.387 e. The minimum atomic E-state index is -2.84. The zero-order chi connectivity index (χ0) is 16.8. The number of benzene rings is 3. The Kier molecular flexibility index (Phi) is 5.06. The zero-order valence-corrected chi connectivity index (χ0v) is 13.0. The van der Waals surface area contributed by atoms with E-state index in [9.17, 15) is 8.78 Å². The molecular weight excluding hydrogens is 308 g/mol. The van der Waals surface area contributed by atoms with Gasteiger partial charge in [-0.3, -0.25) is 0 Å². The standard InChI is InChI=1S/C20H17F2NO/c21-20(22)24-19-12-11-16(15-7-3-1-4-8-15)13-17(19)14-23-18-9-5-2-6-10-18/h1-13,20,23H,14H2. The highest BCUT2D eigenvalue weighted by molar-refractivity contribution is 5.66. The summed E-state index contributed by atoms with van der Waals surface area (Å²) in [4.78, 5) is 0. The maximum atomic E-state index is 12.6. The van der Waals surface area contributed by atoms with Crippen molar-refractivity contribution in [1.82, 2.24) is 0 Å². The van der Waals surface area contributed by atoms with Crippen molar-refractivity contribution in [2.75, 3.05) is 5.32 Å². The van der Waals surface area contributed by atoms with E-state index in [-0.39, 0.29) is 5.75 Å². The van der Waals surface area contributed by atoms with E-state index < -0.39 is 6.61 Å². The third-order valence-electron chi connectivity index (χ3n) is 3.64. The number of anilines is 1. The summed E-state index contributed by atoms with van der Waals surface area (Å²) < 4.78 is 29.9. The molecular formula is C20H17F2NO. The lowest BCUT2D eigenvalue weighted by atomic mass is 10.0. The molecule has 0 unspecified atom stereocenters. The number of halogens is 2. The van der Waals surface area contributed by atoms with Crippen LogP contribution >= 0.6 is 0 Å². The highest BCUT2D eigenvalue weighted by Gasteiger charge is 2.11. The summed E-state index contributed by atoms with van der Waals surface area (Å²) in [6.07, 6.45) is 0.